The maximum Gasteiger partial charge on any atom is 0.233 e. The van der Waals surface area contributed by atoms with Crippen molar-refractivity contribution < 1.29 is 9.47 Å². The van der Waals surface area contributed by atoms with Crippen LogP contribution in [0, 0.1) is 13.8 Å². The van der Waals surface area contributed by atoms with E-state index in [0.717, 1.165) is 35.8 Å². The van der Waals surface area contributed by atoms with Crippen LogP contribution in [0.25, 0.3) is 0 Å². The van der Waals surface area contributed by atoms with E-state index in [-0.39, 0.29) is 0 Å². The van der Waals surface area contributed by atoms with Gasteiger partial charge in [0.1, 0.15) is 5.75 Å². The summed E-state index contributed by atoms with van der Waals surface area (Å²) in [5.74, 6) is 2.33. The van der Waals surface area contributed by atoms with Crippen molar-refractivity contribution in [2.24, 2.45) is 0 Å². The zero-order valence-corrected chi connectivity index (χ0v) is 17.5. The maximum absolute atomic E-state index is 5.47. The number of ether oxygens (including phenoxy) is 2. The van der Waals surface area contributed by atoms with Gasteiger partial charge >= 0.3 is 0 Å². The molecule has 156 valence electrons. The molecule has 1 fully saturated rings. The highest BCUT2D eigenvalue weighted by Gasteiger charge is 2.17. The van der Waals surface area contributed by atoms with E-state index < -0.39 is 0 Å². The molecule has 0 spiro atoms. The van der Waals surface area contributed by atoms with Crippen molar-refractivity contribution >= 4 is 29.2 Å². The standard InChI is InChI=1S/C22H26N6O2/c1-15-7-8-16(2)19(13-15)24-21-25-20(23-17-5-4-6-18(14-17)29-3)26-22(27-21)28-9-11-30-12-10-28/h4-8,13-14H,9-12H2,1-3H3,(H2,23,24,25,26,27). The molecule has 1 saturated heterocycles. The van der Waals surface area contributed by atoms with E-state index in [2.05, 4.69) is 62.5 Å². The molecule has 8 heteroatoms. The third-order valence-electron chi connectivity index (χ3n) is 4.88. The fourth-order valence-electron chi connectivity index (χ4n) is 3.20. The molecule has 30 heavy (non-hydrogen) atoms. The Balaban J connectivity index is 1.67. The Morgan fingerprint density at radius 3 is 2.47 bits per heavy atom. The lowest BCUT2D eigenvalue weighted by molar-refractivity contribution is 0.122. The van der Waals surface area contributed by atoms with Gasteiger partial charge < -0.3 is 25.0 Å². The fraction of sp³-hybridized carbons (Fsp3) is 0.318. The van der Waals surface area contributed by atoms with Crippen LogP contribution in [0.3, 0.4) is 0 Å². The van der Waals surface area contributed by atoms with Crippen LogP contribution in [0.2, 0.25) is 0 Å². The summed E-state index contributed by atoms with van der Waals surface area (Å²) in [6, 6.07) is 13.9. The number of morpholine rings is 1. The van der Waals surface area contributed by atoms with Gasteiger partial charge in [0.25, 0.3) is 0 Å². The van der Waals surface area contributed by atoms with E-state index in [4.69, 9.17) is 9.47 Å². The number of hydrogen-bond acceptors (Lipinski definition) is 8. The van der Waals surface area contributed by atoms with Crippen molar-refractivity contribution in [2.75, 3.05) is 48.9 Å². The van der Waals surface area contributed by atoms with Gasteiger partial charge in [-0.3, -0.25) is 0 Å². The molecule has 1 aromatic heterocycles. The van der Waals surface area contributed by atoms with Crippen LogP contribution in [0.5, 0.6) is 5.75 Å². The number of nitrogens with zero attached hydrogens (tertiary/aromatic N) is 4. The van der Waals surface area contributed by atoms with E-state index in [0.29, 0.717) is 31.1 Å². The van der Waals surface area contributed by atoms with Gasteiger partial charge in [0.15, 0.2) is 0 Å². The highest BCUT2D eigenvalue weighted by atomic mass is 16.5. The summed E-state index contributed by atoms with van der Waals surface area (Å²) in [4.78, 5) is 16.0. The molecule has 0 bridgehead atoms. The van der Waals surface area contributed by atoms with Gasteiger partial charge in [0.2, 0.25) is 17.8 Å². The van der Waals surface area contributed by atoms with Crippen LogP contribution in [0.1, 0.15) is 11.1 Å². The van der Waals surface area contributed by atoms with Gasteiger partial charge in [0.05, 0.1) is 20.3 Å². The van der Waals surface area contributed by atoms with Crippen molar-refractivity contribution in [3.8, 4) is 5.75 Å². The van der Waals surface area contributed by atoms with Crippen molar-refractivity contribution in [3.05, 3.63) is 53.6 Å². The second kappa shape index (κ2) is 8.96. The quantitative estimate of drug-likeness (QED) is 0.639. The lowest BCUT2D eigenvalue weighted by Gasteiger charge is -2.27. The van der Waals surface area contributed by atoms with Gasteiger partial charge in [-0.1, -0.05) is 18.2 Å². The van der Waals surface area contributed by atoms with Crippen LogP contribution in [-0.2, 0) is 4.74 Å². The number of aryl methyl sites for hydroxylation is 2. The second-order valence-electron chi connectivity index (χ2n) is 7.18. The Bertz CT molecular complexity index is 1020. The number of methoxy groups -OCH3 is 1. The first kappa shape index (κ1) is 19.9. The smallest absolute Gasteiger partial charge is 0.233 e. The maximum atomic E-state index is 5.47. The Labute approximate surface area is 176 Å². The van der Waals surface area contributed by atoms with E-state index in [1.807, 2.05) is 24.3 Å². The van der Waals surface area contributed by atoms with Crippen LogP contribution in [0.15, 0.2) is 42.5 Å². The SMILES string of the molecule is COc1cccc(Nc2nc(Nc3cc(C)ccc3C)nc(N3CCOCC3)n2)c1. The molecule has 1 aliphatic heterocycles. The molecular weight excluding hydrogens is 380 g/mol. The molecule has 4 rings (SSSR count). The molecule has 0 atom stereocenters. The molecule has 2 aromatic carbocycles. The topological polar surface area (TPSA) is 84.4 Å². The Kier molecular flexibility index (Phi) is 5.94. The van der Waals surface area contributed by atoms with E-state index in [1.165, 1.54) is 5.56 Å². The number of hydrogen-bond donors (Lipinski definition) is 2. The number of anilines is 5. The summed E-state index contributed by atoms with van der Waals surface area (Å²) in [6.07, 6.45) is 0. The summed E-state index contributed by atoms with van der Waals surface area (Å²) in [5, 5.41) is 6.63. The minimum Gasteiger partial charge on any atom is -0.497 e. The molecule has 2 heterocycles. The van der Waals surface area contributed by atoms with Crippen LogP contribution in [0.4, 0.5) is 29.2 Å². The lowest BCUT2D eigenvalue weighted by Crippen LogP contribution is -2.37. The normalized spacial score (nSPS) is 13.8. The Morgan fingerprint density at radius 1 is 0.933 bits per heavy atom. The second-order valence-corrected chi connectivity index (χ2v) is 7.18. The van der Waals surface area contributed by atoms with Gasteiger partial charge in [-0.25, -0.2) is 0 Å². The van der Waals surface area contributed by atoms with E-state index >= 15 is 0 Å². The average molecular weight is 406 g/mol. The van der Waals surface area contributed by atoms with Gasteiger partial charge in [-0.15, -0.1) is 0 Å². The average Bonchev–Trinajstić information content (AvgIpc) is 2.77. The molecule has 0 aliphatic carbocycles. The third kappa shape index (κ3) is 4.77. The molecule has 0 saturated carbocycles. The third-order valence-corrected chi connectivity index (χ3v) is 4.88. The largest absolute Gasteiger partial charge is 0.497 e. The summed E-state index contributed by atoms with van der Waals surface area (Å²) in [5.41, 5.74) is 4.10. The van der Waals surface area contributed by atoms with Crippen molar-refractivity contribution in [3.63, 3.8) is 0 Å². The predicted molar refractivity (Wildman–Crippen MR) is 118 cm³/mol. The molecule has 1 aliphatic rings. The van der Waals surface area contributed by atoms with Crippen molar-refractivity contribution in [1.82, 2.24) is 15.0 Å². The molecule has 0 amide bonds. The minimum atomic E-state index is 0.465. The summed E-state index contributed by atoms with van der Waals surface area (Å²) in [7, 11) is 1.64. The highest BCUT2D eigenvalue weighted by molar-refractivity contribution is 5.63. The van der Waals surface area contributed by atoms with Crippen molar-refractivity contribution in [1.29, 1.82) is 0 Å². The summed E-state index contributed by atoms with van der Waals surface area (Å²) >= 11 is 0. The van der Waals surface area contributed by atoms with Crippen LogP contribution >= 0.6 is 0 Å². The summed E-state index contributed by atoms with van der Waals surface area (Å²) < 4.78 is 10.8. The van der Waals surface area contributed by atoms with Crippen LogP contribution in [-0.4, -0.2) is 48.4 Å². The van der Waals surface area contributed by atoms with Crippen LogP contribution < -0.4 is 20.3 Å². The Morgan fingerprint density at radius 2 is 1.70 bits per heavy atom. The highest BCUT2D eigenvalue weighted by Crippen LogP contribution is 2.24. The fourth-order valence-corrected chi connectivity index (χ4v) is 3.20. The Hall–Kier alpha value is -3.39. The monoisotopic (exact) mass is 406 g/mol. The van der Waals surface area contributed by atoms with E-state index in [9.17, 15) is 0 Å². The molecule has 0 unspecified atom stereocenters. The van der Waals surface area contributed by atoms with E-state index in [1.54, 1.807) is 7.11 Å². The molecule has 8 nitrogen and oxygen atoms in total. The lowest BCUT2D eigenvalue weighted by atomic mass is 10.1. The number of aromatic nitrogens is 3. The molecule has 3 aromatic rings. The van der Waals surface area contributed by atoms with Crippen molar-refractivity contribution in [2.45, 2.75) is 13.8 Å². The molecular formula is C22H26N6O2. The first-order chi connectivity index (χ1) is 14.6. The number of benzene rings is 2. The van der Waals surface area contributed by atoms with Gasteiger partial charge in [0, 0.05) is 30.5 Å². The zero-order chi connectivity index (χ0) is 20.9. The predicted octanol–water partition coefficient (Wildman–Crippen LogP) is 3.82. The molecule has 0 radical (unpaired) electrons. The number of rotatable bonds is 6. The summed E-state index contributed by atoms with van der Waals surface area (Å²) in [6.45, 7) is 6.92. The van der Waals surface area contributed by atoms with Gasteiger partial charge in [-0.2, -0.15) is 15.0 Å². The van der Waals surface area contributed by atoms with Gasteiger partial charge in [-0.05, 0) is 43.2 Å². The molecule has 2 N–H and O–H groups in total. The number of nitrogens with one attached hydrogen (secondary N) is 2. The first-order valence-corrected chi connectivity index (χ1v) is 9.95. The first-order valence-electron chi connectivity index (χ1n) is 9.95. The minimum absolute atomic E-state index is 0.465. The zero-order valence-electron chi connectivity index (χ0n) is 17.5.